The van der Waals surface area contributed by atoms with E-state index in [-0.39, 0.29) is 6.04 Å². The highest BCUT2D eigenvalue weighted by Gasteiger charge is 2.30. The first kappa shape index (κ1) is 18.9. The van der Waals surface area contributed by atoms with Crippen LogP contribution in [-0.2, 0) is 6.18 Å². The Morgan fingerprint density at radius 1 is 1.04 bits per heavy atom. The van der Waals surface area contributed by atoms with Crippen molar-refractivity contribution in [3.05, 3.63) is 65.7 Å². The van der Waals surface area contributed by atoms with E-state index < -0.39 is 17.8 Å². The summed E-state index contributed by atoms with van der Waals surface area (Å²) in [4.78, 5) is 4.61. The lowest BCUT2D eigenvalue weighted by Gasteiger charge is -2.29. The maximum Gasteiger partial charge on any atom is 0.416 e. The Labute approximate surface area is 161 Å². The van der Waals surface area contributed by atoms with Gasteiger partial charge in [-0.1, -0.05) is 36.8 Å². The number of pyridine rings is 1. The van der Waals surface area contributed by atoms with E-state index in [9.17, 15) is 18.3 Å². The maximum absolute atomic E-state index is 12.9. The molecule has 4 rings (SSSR count). The summed E-state index contributed by atoms with van der Waals surface area (Å²) in [5.41, 5.74) is 1.91. The molecule has 2 N–H and O–H groups in total. The predicted octanol–water partition coefficient (Wildman–Crippen LogP) is 5.10. The highest BCUT2D eigenvalue weighted by Crippen LogP contribution is 2.34. The van der Waals surface area contributed by atoms with Crippen molar-refractivity contribution in [2.75, 3.05) is 6.54 Å². The first-order valence-electron chi connectivity index (χ1n) is 9.42. The number of fused-ring (bicyclic) bond motifs is 1. The molecule has 1 saturated heterocycles. The van der Waals surface area contributed by atoms with Crippen LogP contribution in [0.4, 0.5) is 13.2 Å². The topological polar surface area (TPSA) is 45.2 Å². The van der Waals surface area contributed by atoms with E-state index >= 15 is 0 Å². The van der Waals surface area contributed by atoms with Crippen LogP contribution in [0.15, 0.2) is 54.6 Å². The van der Waals surface area contributed by atoms with Crippen LogP contribution in [0.1, 0.15) is 36.5 Å². The minimum Gasteiger partial charge on any atom is -0.387 e. The summed E-state index contributed by atoms with van der Waals surface area (Å²) >= 11 is 0. The molecule has 0 saturated carbocycles. The average Bonchev–Trinajstić information content (AvgIpc) is 2.72. The molecule has 0 radical (unpaired) electrons. The molecular weight excluding hydrogens is 365 g/mol. The Morgan fingerprint density at radius 3 is 2.46 bits per heavy atom. The molecule has 0 aliphatic carbocycles. The van der Waals surface area contributed by atoms with Gasteiger partial charge in [0.1, 0.15) is 0 Å². The zero-order valence-corrected chi connectivity index (χ0v) is 15.2. The molecule has 2 atom stereocenters. The number of aromatic nitrogens is 1. The smallest absolute Gasteiger partial charge is 0.387 e. The molecule has 0 amide bonds. The van der Waals surface area contributed by atoms with Crippen molar-refractivity contribution in [2.24, 2.45) is 0 Å². The molecule has 1 aliphatic rings. The number of hydrogen-bond donors (Lipinski definition) is 2. The van der Waals surface area contributed by atoms with Crippen molar-refractivity contribution in [3.8, 4) is 11.3 Å². The highest BCUT2D eigenvalue weighted by molar-refractivity contribution is 5.85. The molecule has 3 aromatic rings. The van der Waals surface area contributed by atoms with Crippen molar-refractivity contribution >= 4 is 10.9 Å². The second kappa shape index (κ2) is 7.53. The highest BCUT2D eigenvalue weighted by atomic mass is 19.4. The number of para-hydroxylation sites is 1. The van der Waals surface area contributed by atoms with Gasteiger partial charge in [0.2, 0.25) is 0 Å². The van der Waals surface area contributed by atoms with Crippen LogP contribution in [0.5, 0.6) is 0 Å². The van der Waals surface area contributed by atoms with Gasteiger partial charge in [0.05, 0.1) is 22.9 Å². The van der Waals surface area contributed by atoms with Gasteiger partial charge in [-0.25, -0.2) is 4.98 Å². The zero-order chi connectivity index (χ0) is 19.7. The average molecular weight is 386 g/mol. The number of nitrogens with one attached hydrogen (secondary N) is 1. The first-order valence-corrected chi connectivity index (χ1v) is 9.42. The van der Waals surface area contributed by atoms with E-state index in [0.29, 0.717) is 16.8 Å². The first-order chi connectivity index (χ1) is 13.4. The third kappa shape index (κ3) is 3.75. The van der Waals surface area contributed by atoms with Gasteiger partial charge in [0, 0.05) is 17.0 Å². The Kier molecular flexibility index (Phi) is 5.08. The summed E-state index contributed by atoms with van der Waals surface area (Å²) in [5.74, 6) is 0. The normalized spacial score (nSPS) is 18.9. The molecule has 1 fully saturated rings. The van der Waals surface area contributed by atoms with E-state index in [2.05, 4.69) is 10.3 Å². The lowest BCUT2D eigenvalue weighted by molar-refractivity contribution is -0.137. The monoisotopic (exact) mass is 386 g/mol. The van der Waals surface area contributed by atoms with Gasteiger partial charge in [-0.2, -0.15) is 13.2 Å². The molecule has 0 bridgehead atoms. The Bertz CT molecular complexity index is 964. The van der Waals surface area contributed by atoms with Crippen molar-refractivity contribution < 1.29 is 18.3 Å². The predicted molar refractivity (Wildman–Crippen MR) is 103 cm³/mol. The molecule has 2 aromatic carbocycles. The quantitative estimate of drug-likeness (QED) is 0.659. The van der Waals surface area contributed by atoms with E-state index in [1.807, 2.05) is 24.3 Å². The number of benzene rings is 2. The van der Waals surface area contributed by atoms with E-state index in [4.69, 9.17) is 0 Å². The summed E-state index contributed by atoms with van der Waals surface area (Å²) in [6.07, 6.45) is -2.04. The SMILES string of the molecule is O[C@H](c1cc(-c2ccc(C(F)(F)F)cc2)nc2ccccc12)[C@H]1CCCCN1. The summed E-state index contributed by atoms with van der Waals surface area (Å²) in [6, 6.07) is 14.3. The number of hydrogen-bond acceptors (Lipinski definition) is 3. The Balaban J connectivity index is 1.77. The minimum absolute atomic E-state index is 0.0417. The fourth-order valence-electron chi connectivity index (χ4n) is 3.79. The van der Waals surface area contributed by atoms with Crippen LogP contribution < -0.4 is 5.32 Å². The summed E-state index contributed by atoms with van der Waals surface area (Å²) in [7, 11) is 0. The molecular formula is C22H21F3N2O. The fraction of sp³-hybridized carbons (Fsp3) is 0.318. The van der Waals surface area contributed by atoms with Gasteiger partial charge in [-0.05, 0) is 49.2 Å². The number of aliphatic hydroxyl groups is 1. The third-order valence-corrected chi connectivity index (χ3v) is 5.30. The summed E-state index contributed by atoms with van der Waals surface area (Å²) in [6.45, 7) is 0.872. The Hall–Kier alpha value is -2.44. The molecule has 28 heavy (non-hydrogen) atoms. The van der Waals surface area contributed by atoms with Gasteiger partial charge < -0.3 is 10.4 Å². The molecule has 0 spiro atoms. The molecule has 6 heteroatoms. The van der Waals surface area contributed by atoms with Crippen LogP contribution in [0.25, 0.3) is 22.2 Å². The van der Waals surface area contributed by atoms with Crippen LogP contribution >= 0.6 is 0 Å². The fourth-order valence-corrected chi connectivity index (χ4v) is 3.79. The molecule has 0 unspecified atom stereocenters. The standard InChI is InChI=1S/C22H21F3N2O/c23-22(24,25)15-10-8-14(9-11-15)20-13-17(16-5-1-2-6-18(16)27-20)21(28)19-7-3-4-12-26-19/h1-2,5-6,8-11,13,19,21,26,28H,3-4,7,12H2/t19-,21-/m1/s1. The molecule has 1 aromatic heterocycles. The van der Waals surface area contributed by atoms with Gasteiger partial charge in [0.15, 0.2) is 0 Å². The van der Waals surface area contributed by atoms with Crippen LogP contribution in [0.2, 0.25) is 0 Å². The van der Waals surface area contributed by atoms with E-state index in [1.165, 1.54) is 12.1 Å². The van der Waals surface area contributed by atoms with Crippen molar-refractivity contribution in [1.82, 2.24) is 10.3 Å². The third-order valence-electron chi connectivity index (χ3n) is 5.30. The molecule has 1 aliphatic heterocycles. The van der Waals surface area contributed by atoms with E-state index in [1.54, 1.807) is 6.07 Å². The summed E-state index contributed by atoms with van der Waals surface area (Å²) in [5, 5.41) is 15.3. The van der Waals surface area contributed by atoms with Crippen molar-refractivity contribution in [3.63, 3.8) is 0 Å². The van der Waals surface area contributed by atoms with E-state index in [0.717, 1.165) is 48.9 Å². The molecule has 3 nitrogen and oxygen atoms in total. The summed E-state index contributed by atoms with van der Waals surface area (Å²) < 4.78 is 38.6. The lowest BCUT2D eigenvalue weighted by Crippen LogP contribution is -2.38. The largest absolute Gasteiger partial charge is 0.416 e. The van der Waals surface area contributed by atoms with Crippen LogP contribution in [0, 0.1) is 0 Å². The van der Waals surface area contributed by atoms with Crippen molar-refractivity contribution in [1.29, 1.82) is 0 Å². The maximum atomic E-state index is 12.9. The number of halogens is 3. The molecule has 2 heterocycles. The number of alkyl halides is 3. The number of nitrogens with zero attached hydrogens (tertiary/aromatic N) is 1. The van der Waals surface area contributed by atoms with Gasteiger partial charge in [-0.15, -0.1) is 0 Å². The van der Waals surface area contributed by atoms with Gasteiger partial charge >= 0.3 is 6.18 Å². The Morgan fingerprint density at radius 2 is 1.79 bits per heavy atom. The number of piperidine rings is 1. The van der Waals surface area contributed by atoms with Gasteiger partial charge in [-0.3, -0.25) is 0 Å². The van der Waals surface area contributed by atoms with Gasteiger partial charge in [0.25, 0.3) is 0 Å². The zero-order valence-electron chi connectivity index (χ0n) is 15.2. The second-order valence-electron chi connectivity index (χ2n) is 7.19. The molecule has 146 valence electrons. The second-order valence-corrected chi connectivity index (χ2v) is 7.19. The minimum atomic E-state index is -4.37. The van der Waals surface area contributed by atoms with Crippen LogP contribution in [-0.4, -0.2) is 22.7 Å². The van der Waals surface area contributed by atoms with Crippen LogP contribution in [0.3, 0.4) is 0 Å². The number of rotatable bonds is 3. The number of aliphatic hydroxyl groups excluding tert-OH is 1. The van der Waals surface area contributed by atoms with Crippen molar-refractivity contribution in [2.45, 2.75) is 37.6 Å². The lowest BCUT2D eigenvalue weighted by atomic mass is 9.92.